The second-order valence-electron chi connectivity index (χ2n) is 4.41. The minimum atomic E-state index is -0.0433. The SMILES string of the molecule is CC(CC(=O)Nc1cccc(Br)c1)N[C@H](C)CO. The standard InChI is InChI=1S/C13H19BrN2O2/c1-9(15-10(2)8-17)6-13(18)16-12-5-3-4-11(14)7-12/h3-5,7,9-10,15,17H,6,8H2,1-2H3,(H,16,18)/t9?,10-/m1/s1. The molecule has 2 atom stereocenters. The number of aliphatic hydroxyl groups is 1. The second-order valence-corrected chi connectivity index (χ2v) is 5.33. The monoisotopic (exact) mass is 314 g/mol. The van der Waals surface area contributed by atoms with E-state index in [1.807, 2.05) is 38.1 Å². The van der Waals surface area contributed by atoms with Gasteiger partial charge in [-0.25, -0.2) is 0 Å². The van der Waals surface area contributed by atoms with Gasteiger partial charge in [-0.2, -0.15) is 0 Å². The second kappa shape index (κ2) is 7.51. The fraction of sp³-hybridized carbons (Fsp3) is 0.462. The minimum absolute atomic E-state index is 0.00123. The normalized spacial score (nSPS) is 14.0. The van der Waals surface area contributed by atoms with E-state index in [4.69, 9.17) is 5.11 Å². The number of carbonyl (C=O) groups is 1. The highest BCUT2D eigenvalue weighted by Gasteiger charge is 2.11. The summed E-state index contributed by atoms with van der Waals surface area (Å²) in [5, 5.41) is 14.9. The van der Waals surface area contributed by atoms with E-state index in [9.17, 15) is 4.79 Å². The van der Waals surface area contributed by atoms with Gasteiger partial charge >= 0.3 is 0 Å². The summed E-state index contributed by atoms with van der Waals surface area (Å²) < 4.78 is 0.931. The Hall–Kier alpha value is -0.910. The number of anilines is 1. The van der Waals surface area contributed by atoms with Crippen LogP contribution in [0, 0.1) is 0 Å². The van der Waals surface area contributed by atoms with Gasteiger partial charge in [0.2, 0.25) is 5.91 Å². The molecular weight excluding hydrogens is 296 g/mol. The summed E-state index contributed by atoms with van der Waals surface area (Å²) in [5.41, 5.74) is 0.775. The number of aliphatic hydroxyl groups excluding tert-OH is 1. The predicted molar refractivity (Wildman–Crippen MR) is 76.5 cm³/mol. The molecule has 0 heterocycles. The van der Waals surface area contributed by atoms with Crippen LogP contribution in [0.3, 0.4) is 0 Å². The molecule has 1 amide bonds. The van der Waals surface area contributed by atoms with E-state index in [-0.39, 0.29) is 24.6 Å². The smallest absolute Gasteiger partial charge is 0.225 e. The van der Waals surface area contributed by atoms with Crippen LogP contribution in [-0.4, -0.2) is 29.7 Å². The van der Waals surface area contributed by atoms with Crippen LogP contribution >= 0.6 is 15.9 Å². The highest BCUT2D eigenvalue weighted by Crippen LogP contribution is 2.15. The molecule has 0 radical (unpaired) electrons. The Morgan fingerprint density at radius 2 is 2.11 bits per heavy atom. The van der Waals surface area contributed by atoms with E-state index in [1.54, 1.807) is 0 Å². The van der Waals surface area contributed by atoms with Gasteiger partial charge in [0.15, 0.2) is 0 Å². The maximum Gasteiger partial charge on any atom is 0.225 e. The van der Waals surface area contributed by atoms with Crippen LogP contribution in [0.1, 0.15) is 20.3 Å². The largest absolute Gasteiger partial charge is 0.395 e. The molecule has 0 aliphatic rings. The molecule has 100 valence electrons. The molecule has 5 heteroatoms. The van der Waals surface area contributed by atoms with Crippen LogP contribution in [-0.2, 0) is 4.79 Å². The quantitative estimate of drug-likeness (QED) is 0.754. The molecule has 18 heavy (non-hydrogen) atoms. The number of hydrogen-bond donors (Lipinski definition) is 3. The molecule has 0 bridgehead atoms. The summed E-state index contributed by atoms with van der Waals surface area (Å²) in [5.74, 6) is -0.0433. The first-order valence-electron chi connectivity index (χ1n) is 5.93. The molecule has 1 aromatic rings. The third kappa shape index (κ3) is 5.62. The van der Waals surface area contributed by atoms with Gasteiger partial charge in [-0.05, 0) is 32.0 Å². The molecule has 0 aliphatic carbocycles. The summed E-state index contributed by atoms with van der Waals surface area (Å²) in [6, 6.07) is 7.50. The molecule has 4 nitrogen and oxygen atoms in total. The van der Waals surface area contributed by atoms with Gasteiger partial charge in [-0.3, -0.25) is 4.79 Å². The summed E-state index contributed by atoms with van der Waals surface area (Å²) in [7, 11) is 0. The van der Waals surface area contributed by atoms with Crippen molar-refractivity contribution in [1.29, 1.82) is 0 Å². The van der Waals surface area contributed by atoms with Gasteiger partial charge in [0.1, 0.15) is 0 Å². The van der Waals surface area contributed by atoms with Crippen molar-refractivity contribution in [3.05, 3.63) is 28.7 Å². The van der Waals surface area contributed by atoms with E-state index in [0.29, 0.717) is 6.42 Å². The molecule has 0 aromatic heterocycles. The van der Waals surface area contributed by atoms with Crippen LogP contribution < -0.4 is 10.6 Å². The average Bonchev–Trinajstić information content (AvgIpc) is 2.28. The first kappa shape index (κ1) is 15.1. The maximum absolute atomic E-state index is 11.8. The number of carbonyl (C=O) groups excluding carboxylic acids is 1. The number of amides is 1. The van der Waals surface area contributed by atoms with Crippen LogP contribution in [0.2, 0.25) is 0 Å². The van der Waals surface area contributed by atoms with Gasteiger partial charge < -0.3 is 15.7 Å². The van der Waals surface area contributed by atoms with Gasteiger partial charge in [-0.15, -0.1) is 0 Å². The topological polar surface area (TPSA) is 61.4 Å². The highest BCUT2D eigenvalue weighted by molar-refractivity contribution is 9.10. The molecule has 0 spiro atoms. The lowest BCUT2D eigenvalue weighted by molar-refractivity contribution is -0.116. The minimum Gasteiger partial charge on any atom is -0.395 e. The molecule has 1 aromatic carbocycles. The molecule has 0 aliphatic heterocycles. The zero-order chi connectivity index (χ0) is 13.5. The summed E-state index contributed by atoms with van der Waals surface area (Å²) in [4.78, 5) is 11.8. The molecule has 1 rings (SSSR count). The molecule has 0 saturated heterocycles. The molecule has 0 saturated carbocycles. The van der Waals surface area contributed by atoms with Crippen molar-refractivity contribution < 1.29 is 9.90 Å². The van der Waals surface area contributed by atoms with E-state index in [2.05, 4.69) is 26.6 Å². The lowest BCUT2D eigenvalue weighted by Crippen LogP contribution is -2.38. The number of hydrogen-bond acceptors (Lipinski definition) is 3. The van der Waals surface area contributed by atoms with Crippen molar-refractivity contribution in [2.75, 3.05) is 11.9 Å². The van der Waals surface area contributed by atoms with E-state index in [1.165, 1.54) is 0 Å². The number of benzene rings is 1. The Balaban J connectivity index is 2.42. The highest BCUT2D eigenvalue weighted by atomic mass is 79.9. The molecular formula is C13H19BrN2O2. The Labute approximate surface area is 116 Å². The molecule has 3 N–H and O–H groups in total. The van der Waals surface area contributed by atoms with E-state index < -0.39 is 0 Å². The lowest BCUT2D eigenvalue weighted by atomic mass is 10.2. The zero-order valence-corrected chi connectivity index (χ0v) is 12.2. The third-order valence-corrected chi connectivity index (χ3v) is 2.94. The fourth-order valence-corrected chi connectivity index (χ4v) is 2.05. The van der Waals surface area contributed by atoms with Crippen molar-refractivity contribution in [3.8, 4) is 0 Å². The van der Waals surface area contributed by atoms with E-state index >= 15 is 0 Å². The van der Waals surface area contributed by atoms with Crippen molar-refractivity contribution in [1.82, 2.24) is 5.32 Å². The number of halogens is 1. The first-order valence-corrected chi connectivity index (χ1v) is 6.73. The summed E-state index contributed by atoms with van der Waals surface area (Å²) >= 11 is 3.35. The zero-order valence-electron chi connectivity index (χ0n) is 10.6. The molecule has 0 fully saturated rings. The van der Waals surface area contributed by atoms with Gasteiger partial charge in [0, 0.05) is 28.7 Å². The average molecular weight is 315 g/mol. The van der Waals surface area contributed by atoms with Crippen molar-refractivity contribution >= 4 is 27.5 Å². The lowest BCUT2D eigenvalue weighted by Gasteiger charge is -2.17. The predicted octanol–water partition coefficient (Wildman–Crippen LogP) is 2.14. The maximum atomic E-state index is 11.8. The van der Waals surface area contributed by atoms with Crippen molar-refractivity contribution in [2.24, 2.45) is 0 Å². The Morgan fingerprint density at radius 1 is 1.39 bits per heavy atom. The number of nitrogens with one attached hydrogen (secondary N) is 2. The van der Waals surface area contributed by atoms with Crippen LogP contribution in [0.5, 0.6) is 0 Å². The van der Waals surface area contributed by atoms with Crippen LogP contribution in [0.15, 0.2) is 28.7 Å². The third-order valence-electron chi connectivity index (χ3n) is 2.44. The van der Waals surface area contributed by atoms with Crippen molar-refractivity contribution in [3.63, 3.8) is 0 Å². The van der Waals surface area contributed by atoms with Crippen LogP contribution in [0.25, 0.3) is 0 Å². The van der Waals surface area contributed by atoms with Crippen molar-refractivity contribution in [2.45, 2.75) is 32.4 Å². The summed E-state index contributed by atoms with van der Waals surface area (Å²) in [6.45, 7) is 3.87. The molecule has 1 unspecified atom stereocenters. The first-order chi connectivity index (χ1) is 8.51. The summed E-state index contributed by atoms with van der Waals surface area (Å²) in [6.07, 6.45) is 0.372. The fourth-order valence-electron chi connectivity index (χ4n) is 1.65. The van der Waals surface area contributed by atoms with Gasteiger partial charge in [-0.1, -0.05) is 22.0 Å². The van der Waals surface area contributed by atoms with E-state index in [0.717, 1.165) is 10.2 Å². The Bertz CT molecular complexity index is 398. The Kier molecular flexibility index (Phi) is 6.32. The van der Waals surface area contributed by atoms with Gasteiger partial charge in [0.05, 0.1) is 6.61 Å². The van der Waals surface area contributed by atoms with Crippen LogP contribution in [0.4, 0.5) is 5.69 Å². The van der Waals surface area contributed by atoms with Gasteiger partial charge in [0.25, 0.3) is 0 Å². The Morgan fingerprint density at radius 3 is 2.72 bits per heavy atom. The number of rotatable bonds is 6.